The van der Waals surface area contributed by atoms with Gasteiger partial charge in [-0.2, -0.15) is 0 Å². The monoisotopic (exact) mass is 526 g/mol. The van der Waals surface area contributed by atoms with Crippen molar-refractivity contribution in [3.63, 3.8) is 0 Å². The Morgan fingerprint density at radius 3 is 2.24 bits per heavy atom. The number of nitrogens with one attached hydrogen (secondary N) is 1. The van der Waals surface area contributed by atoms with E-state index in [0.29, 0.717) is 18.9 Å². The van der Waals surface area contributed by atoms with Crippen LogP contribution in [0.3, 0.4) is 0 Å². The molecule has 0 radical (unpaired) electrons. The van der Waals surface area contributed by atoms with Crippen molar-refractivity contribution in [3.05, 3.63) is 24.3 Å². The van der Waals surface area contributed by atoms with E-state index in [2.05, 4.69) is 19.2 Å². The Balaban J connectivity index is 0.00000544. The molecule has 0 atom stereocenters. The summed E-state index contributed by atoms with van der Waals surface area (Å²) in [4.78, 5) is 12.5. The summed E-state index contributed by atoms with van der Waals surface area (Å²) in [6.45, 7) is 10.2. The smallest absolute Gasteiger partial charge is 0.411 e. The first kappa shape index (κ1) is 29.8. The zero-order chi connectivity index (χ0) is 22.9. The maximum absolute atomic E-state index is 12.5. The number of rotatable bonds is 16. The van der Waals surface area contributed by atoms with Crippen LogP contribution < -0.4 is 27.0 Å². The Morgan fingerprint density at radius 2 is 1.52 bits per heavy atom. The molecule has 1 aliphatic heterocycles. The van der Waals surface area contributed by atoms with E-state index in [4.69, 9.17) is 9.47 Å². The molecule has 0 unspecified atom stereocenters. The van der Waals surface area contributed by atoms with Gasteiger partial charge < -0.3 is 30.9 Å². The largest absolute Gasteiger partial charge is 1.00 e. The third-order valence-corrected chi connectivity index (χ3v) is 6.68. The van der Waals surface area contributed by atoms with E-state index in [-0.39, 0.29) is 23.1 Å². The molecule has 0 saturated carbocycles. The van der Waals surface area contributed by atoms with Gasteiger partial charge in [0.25, 0.3) is 0 Å². The Hall–Kier alpha value is -1.27. The van der Waals surface area contributed by atoms with E-state index >= 15 is 0 Å². The number of unbranched alkanes of at least 4 members (excludes halogenated alkanes) is 7. The molecule has 1 aliphatic rings. The van der Waals surface area contributed by atoms with Crippen molar-refractivity contribution in [1.82, 2.24) is 0 Å². The molecular formula is C27H47BrN2O3. The number of likely N-dealkylation sites (tertiary alicyclic amines) is 1. The second-order valence-electron chi connectivity index (χ2n) is 9.38. The van der Waals surface area contributed by atoms with E-state index in [1.54, 1.807) is 0 Å². The van der Waals surface area contributed by atoms with Crippen LogP contribution in [0.15, 0.2) is 24.3 Å². The van der Waals surface area contributed by atoms with Gasteiger partial charge >= 0.3 is 6.09 Å². The molecule has 0 spiro atoms. The van der Waals surface area contributed by atoms with Crippen LogP contribution in [0.4, 0.5) is 10.5 Å². The van der Waals surface area contributed by atoms with Crippen LogP contribution in [-0.2, 0) is 4.74 Å². The molecule has 1 amide bonds. The molecule has 5 nitrogen and oxygen atoms in total. The van der Waals surface area contributed by atoms with Gasteiger partial charge in [0.1, 0.15) is 18.9 Å². The van der Waals surface area contributed by atoms with Gasteiger partial charge in [-0.15, -0.1) is 0 Å². The molecule has 1 fully saturated rings. The molecule has 1 aromatic carbocycles. The van der Waals surface area contributed by atoms with Gasteiger partial charge in [-0.3, -0.25) is 5.32 Å². The number of quaternary nitrogens is 1. The summed E-state index contributed by atoms with van der Waals surface area (Å²) in [5, 5.41) is 2.89. The van der Waals surface area contributed by atoms with Crippen LogP contribution in [0.1, 0.15) is 90.9 Å². The van der Waals surface area contributed by atoms with Crippen molar-refractivity contribution in [2.75, 3.05) is 44.7 Å². The van der Waals surface area contributed by atoms with Gasteiger partial charge in [0.2, 0.25) is 0 Å². The maximum Gasteiger partial charge on any atom is 0.411 e. The van der Waals surface area contributed by atoms with Crippen molar-refractivity contribution >= 4 is 11.8 Å². The molecule has 0 aromatic heterocycles. The summed E-state index contributed by atoms with van der Waals surface area (Å²) in [5.41, 5.74) is 0.687. The summed E-state index contributed by atoms with van der Waals surface area (Å²) in [5.74, 6) is 0.718. The second kappa shape index (κ2) is 18.1. The highest BCUT2D eigenvalue weighted by molar-refractivity contribution is 5.86. The first-order chi connectivity index (χ1) is 15.7. The molecule has 1 saturated heterocycles. The quantitative estimate of drug-likeness (QED) is 0.259. The predicted octanol–water partition coefficient (Wildman–Crippen LogP) is 4.17. The maximum atomic E-state index is 12.5. The minimum Gasteiger partial charge on any atom is -1.00 e. The standard InChI is InChI=1S/C27H46N2O3.BrH/c1-3-5-7-9-16-23-31-26-18-12-11-17-25(26)28-27(30)32-24-22-29(19-13-8-6-4-2)20-14-10-15-21-29;/h11-12,17-18H,3-10,13-16,19-24H2,1-2H3;1H. The first-order valence-corrected chi connectivity index (χ1v) is 13.2. The lowest BCUT2D eigenvalue weighted by molar-refractivity contribution is -0.932. The number of hydrogen-bond donors (Lipinski definition) is 1. The van der Waals surface area contributed by atoms with Crippen LogP contribution in [0.25, 0.3) is 0 Å². The lowest BCUT2D eigenvalue weighted by Crippen LogP contribution is -3.00. The van der Waals surface area contributed by atoms with Gasteiger partial charge in [-0.05, 0) is 50.7 Å². The number of anilines is 1. The fourth-order valence-electron chi connectivity index (χ4n) is 4.68. The number of hydrogen-bond acceptors (Lipinski definition) is 3. The molecule has 0 bridgehead atoms. The normalized spacial score (nSPS) is 14.8. The van der Waals surface area contributed by atoms with Crippen molar-refractivity contribution in [2.24, 2.45) is 0 Å². The first-order valence-electron chi connectivity index (χ1n) is 13.2. The van der Waals surface area contributed by atoms with Gasteiger partial charge in [0.05, 0.1) is 31.9 Å². The number of halogens is 1. The average molecular weight is 528 g/mol. The summed E-state index contributed by atoms with van der Waals surface area (Å²) in [6, 6.07) is 7.63. The lowest BCUT2D eigenvalue weighted by Gasteiger charge is -2.41. The van der Waals surface area contributed by atoms with E-state index in [1.807, 2.05) is 24.3 Å². The molecular weight excluding hydrogens is 480 g/mol. The minimum absolute atomic E-state index is 0. The number of carbonyl (C=O) groups excluding carboxylic acids is 1. The van der Waals surface area contributed by atoms with E-state index < -0.39 is 0 Å². The molecule has 1 aromatic rings. The number of benzene rings is 1. The highest BCUT2D eigenvalue weighted by Crippen LogP contribution is 2.25. The Bertz CT molecular complexity index is 636. The number of nitrogens with zero attached hydrogens (tertiary/aromatic N) is 1. The number of ether oxygens (including phenoxy) is 2. The SMILES string of the molecule is CCCCCCCOc1ccccc1NC(=O)OCC[N+]1(CCCCCC)CCCCC1.[Br-]. The third kappa shape index (κ3) is 12.1. The van der Waals surface area contributed by atoms with Crippen molar-refractivity contribution in [1.29, 1.82) is 0 Å². The van der Waals surface area contributed by atoms with Gasteiger partial charge in [-0.1, -0.05) is 64.5 Å². The molecule has 6 heteroatoms. The molecule has 190 valence electrons. The Labute approximate surface area is 213 Å². The zero-order valence-electron chi connectivity index (χ0n) is 21.1. The fraction of sp³-hybridized carbons (Fsp3) is 0.741. The lowest BCUT2D eigenvalue weighted by atomic mass is 10.1. The number of amides is 1. The van der Waals surface area contributed by atoms with Crippen LogP contribution in [-0.4, -0.2) is 50.0 Å². The molecule has 2 rings (SSSR count). The zero-order valence-corrected chi connectivity index (χ0v) is 22.7. The topological polar surface area (TPSA) is 47.6 Å². The van der Waals surface area contributed by atoms with E-state index in [9.17, 15) is 4.79 Å². The Kier molecular flexibility index (Phi) is 16.3. The number of piperidine rings is 1. The molecule has 0 aliphatic carbocycles. The fourth-order valence-corrected chi connectivity index (χ4v) is 4.68. The summed E-state index contributed by atoms with van der Waals surface area (Å²) in [7, 11) is 0. The number of para-hydroxylation sites is 2. The minimum atomic E-state index is -0.384. The van der Waals surface area contributed by atoms with Crippen LogP contribution in [0.5, 0.6) is 5.75 Å². The predicted molar refractivity (Wildman–Crippen MR) is 133 cm³/mol. The average Bonchev–Trinajstić information content (AvgIpc) is 2.81. The van der Waals surface area contributed by atoms with Crippen molar-refractivity contribution in [2.45, 2.75) is 90.9 Å². The summed E-state index contributed by atoms with van der Waals surface area (Å²) < 4.78 is 12.6. The van der Waals surface area contributed by atoms with E-state index in [0.717, 1.165) is 23.2 Å². The van der Waals surface area contributed by atoms with Gasteiger partial charge in [0, 0.05) is 0 Å². The molecule has 33 heavy (non-hydrogen) atoms. The van der Waals surface area contributed by atoms with Gasteiger partial charge in [-0.25, -0.2) is 4.79 Å². The van der Waals surface area contributed by atoms with Crippen LogP contribution >= 0.6 is 0 Å². The molecule has 1 N–H and O–H groups in total. The van der Waals surface area contributed by atoms with Crippen LogP contribution in [0, 0.1) is 0 Å². The number of carbonyl (C=O) groups is 1. The third-order valence-electron chi connectivity index (χ3n) is 6.68. The van der Waals surface area contributed by atoms with Crippen LogP contribution in [0.2, 0.25) is 0 Å². The Morgan fingerprint density at radius 1 is 0.848 bits per heavy atom. The molecule has 1 heterocycles. The highest BCUT2D eigenvalue weighted by Gasteiger charge is 2.29. The second-order valence-corrected chi connectivity index (χ2v) is 9.38. The summed E-state index contributed by atoms with van der Waals surface area (Å²) >= 11 is 0. The van der Waals surface area contributed by atoms with Crippen molar-refractivity contribution < 1.29 is 35.7 Å². The van der Waals surface area contributed by atoms with Crippen molar-refractivity contribution in [3.8, 4) is 5.75 Å². The van der Waals surface area contributed by atoms with E-state index in [1.165, 1.54) is 90.3 Å². The van der Waals surface area contributed by atoms with Gasteiger partial charge in [0.15, 0.2) is 0 Å². The highest BCUT2D eigenvalue weighted by atomic mass is 79.9. The summed E-state index contributed by atoms with van der Waals surface area (Å²) in [6.07, 6.45) is 14.7.